The fraction of sp³-hybridized carbons (Fsp3) is 0.350. The summed E-state index contributed by atoms with van der Waals surface area (Å²) in [5, 5.41) is 7.06. The number of methoxy groups -OCH3 is 1. The van der Waals surface area contributed by atoms with Crippen LogP contribution in [0.25, 0.3) is 0 Å². The minimum atomic E-state index is -0.0838. The van der Waals surface area contributed by atoms with Crippen molar-refractivity contribution in [2.24, 2.45) is 0 Å². The second kappa shape index (κ2) is 10.4. The molecule has 1 fully saturated rings. The quantitative estimate of drug-likeness (QED) is 0.759. The molecule has 146 valence electrons. The van der Waals surface area contributed by atoms with Crippen LogP contribution in [-0.4, -0.2) is 32.1 Å². The molecular weight excluding hydrogens is 387 g/mol. The molecule has 3 rings (SSSR count). The topological polar surface area (TPSA) is 59.6 Å². The van der Waals surface area contributed by atoms with Gasteiger partial charge in [0.1, 0.15) is 6.61 Å². The van der Waals surface area contributed by atoms with Crippen LogP contribution in [0.4, 0.5) is 0 Å². The molecule has 2 aromatic carbocycles. The number of carbonyl (C=O) groups is 1. The lowest BCUT2D eigenvalue weighted by atomic mass is 10.1. The van der Waals surface area contributed by atoms with Gasteiger partial charge in [0, 0.05) is 16.6 Å². The van der Waals surface area contributed by atoms with Crippen molar-refractivity contribution in [2.75, 3.05) is 20.2 Å². The maximum Gasteiger partial charge on any atom is 0.251 e. The van der Waals surface area contributed by atoms with E-state index >= 15 is 0 Å². The molecule has 1 amide bonds. The summed E-state index contributed by atoms with van der Waals surface area (Å²) in [6, 6.07) is 12.9. The Morgan fingerprint density at radius 1 is 1.15 bits per heavy atom. The zero-order valence-corrected chi connectivity index (χ0v) is 16.7. The number of nitrogens with one attached hydrogen (secondary N) is 2. The molecule has 7 heteroatoms. The summed E-state index contributed by atoms with van der Waals surface area (Å²) >= 11 is 5.89. The minimum absolute atomic E-state index is 0. The van der Waals surface area contributed by atoms with E-state index in [1.165, 1.54) is 0 Å². The Kier molecular flexibility index (Phi) is 8.23. The van der Waals surface area contributed by atoms with Gasteiger partial charge in [0.25, 0.3) is 5.91 Å². The van der Waals surface area contributed by atoms with Crippen LogP contribution in [0.3, 0.4) is 0 Å². The van der Waals surface area contributed by atoms with Crippen LogP contribution in [0.15, 0.2) is 42.5 Å². The van der Waals surface area contributed by atoms with Crippen LogP contribution < -0.4 is 20.1 Å². The van der Waals surface area contributed by atoms with Crippen LogP contribution in [0, 0.1) is 0 Å². The van der Waals surface area contributed by atoms with Gasteiger partial charge in [-0.2, -0.15) is 0 Å². The van der Waals surface area contributed by atoms with E-state index in [1.54, 1.807) is 25.3 Å². The fourth-order valence-corrected chi connectivity index (χ4v) is 3.03. The van der Waals surface area contributed by atoms with Gasteiger partial charge in [0.05, 0.1) is 7.11 Å². The molecule has 27 heavy (non-hydrogen) atoms. The molecule has 1 aliphatic rings. The van der Waals surface area contributed by atoms with Gasteiger partial charge >= 0.3 is 0 Å². The highest BCUT2D eigenvalue weighted by atomic mass is 35.5. The average molecular weight is 411 g/mol. The first-order valence-corrected chi connectivity index (χ1v) is 9.10. The lowest BCUT2D eigenvalue weighted by molar-refractivity contribution is 0.0929. The lowest BCUT2D eigenvalue weighted by Gasteiger charge is -2.23. The maximum absolute atomic E-state index is 12.5. The van der Waals surface area contributed by atoms with E-state index in [-0.39, 0.29) is 24.4 Å². The Labute approximate surface area is 170 Å². The molecule has 0 bridgehead atoms. The molecule has 0 spiro atoms. The van der Waals surface area contributed by atoms with Gasteiger partial charge in [-0.05, 0) is 61.8 Å². The number of ether oxygens (including phenoxy) is 2. The summed E-state index contributed by atoms with van der Waals surface area (Å²) in [5.74, 6) is 1.05. The van der Waals surface area contributed by atoms with Crippen molar-refractivity contribution in [1.29, 1.82) is 0 Å². The summed E-state index contributed by atoms with van der Waals surface area (Å²) in [6.45, 7) is 2.27. The smallest absolute Gasteiger partial charge is 0.251 e. The van der Waals surface area contributed by atoms with Crippen molar-refractivity contribution < 1.29 is 14.3 Å². The predicted octanol–water partition coefficient (Wildman–Crippen LogP) is 3.83. The molecule has 0 saturated carbocycles. The SMILES string of the molecule is COc1cc(C(=O)NC2CCNCC2)ccc1OCc1ccc(Cl)cc1.Cl. The monoisotopic (exact) mass is 410 g/mol. The number of halogens is 2. The highest BCUT2D eigenvalue weighted by molar-refractivity contribution is 6.30. The maximum atomic E-state index is 12.5. The molecule has 0 atom stereocenters. The highest BCUT2D eigenvalue weighted by Crippen LogP contribution is 2.29. The van der Waals surface area contributed by atoms with Crippen molar-refractivity contribution in [3.8, 4) is 11.5 Å². The van der Waals surface area contributed by atoms with Crippen molar-refractivity contribution in [2.45, 2.75) is 25.5 Å². The Morgan fingerprint density at radius 3 is 2.52 bits per heavy atom. The summed E-state index contributed by atoms with van der Waals surface area (Å²) < 4.78 is 11.2. The van der Waals surface area contributed by atoms with Crippen LogP contribution in [0.1, 0.15) is 28.8 Å². The van der Waals surface area contributed by atoms with E-state index in [1.807, 2.05) is 24.3 Å². The Hall–Kier alpha value is -1.95. The van der Waals surface area contributed by atoms with Gasteiger partial charge < -0.3 is 20.1 Å². The molecular formula is C20H24Cl2N2O3. The van der Waals surface area contributed by atoms with E-state index in [9.17, 15) is 4.79 Å². The van der Waals surface area contributed by atoms with Crippen molar-refractivity contribution in [3.63, 3.8) is 0 Å². The van der Waals surface area contributed by atoms with Crippen molar-refractivity contribution in [3.05, 3.63) is 58.6 Å². The molecule has 1 saturated heterocycles. The predicted molar refractivity (Wildman–Crippen MR) is 109 cm³/mol. The standard InChI is InChI=1S/C20H23ClN2O3.ClH/c1-25-19-12-15(20(24)23-17-8-10-22-11-9-17)4-7-18(19)26-13-14-2-5-16(21)6-3-14;/h2-7,12,17,22H,8-11,13H2,1H3,(H,23,24);1H. The number of piperidine rings is 1. The number of hydrogen-bond donors (Lipinski definition) is 2. The second-order valence-electron chi connectivity index (χ2n) is 6.28. The molecule has 1 aliphatic heterocycles. The number of carbonyl (C=O) groups excluding carboxylic acids is 1. The summed E-state index contributed by atoms with van der Waals surface area (Å²) in [5.41, 5.74) is 1.57. The zero-order valence-electron chi connectivity index (χ0n) is 15.2. The largest absolute Gasteiger partial charge is 0.493 e. The number of rotatable bonds is 6. The molecule has 0 aliphatic carbocycles. The first-order valence-electron chi connectivity index (χ1n) is 8.72. The third-order valence-corrected chi connectivity index (χ3v) is 4.66. The molecule has 0 radical (unpaired) electrons. The van der Waals surface area contributed by atoms with E-state index < -0.39 is 0 Å². The number of hydrogen-bond acceptors (Lipinski definition) is 4. The normalized spacial score (nSPS) is 14.1. The highest BCUT2D eigenvalue weighted by Gasteiger charge is 2.17. The van der Waals surface area contributed by atoms with Crippen LogP contribution in [0.2, 0.25) is 5.02 Å². The first kappa shape index (κ1) is 21.4. The Morgan fingerprint density at radius 2 is 1.85 bits per heavy atom. The third-order valence-electron chi connectivity index (χ3n) is 4.41. The van der Waals surface area contributed by atoms with Gasteiger partial charge in [-0.3, -0.25) is 4.79 Å². The van der Waals surface area contributed by atoms with Gasteiger partial charge in [-0.1, -0.05) is 23.7 Å². The summed E-state index contributed by atoms with van der Waals surface area (Å²) in [4.78, 5) is 12.5. The lowest BCUT2D eigenvalue weighted by Crippen LogP contribution is -2.42. The number of benzene rings is 2. The van der Waals surface area contributed by atoms with Gasteiger partial charge in [0.2, 0.25) is 0 Å². The molecule has 5 nitrogen and oxygen atoms in total. The summed E-state index contributed by atoms with van der Waals surface area (Å²) in [7, 11) is 1.57. The van der Waals surface area contributed by atoms with Crippen LogP contribution in [0.5, 0.6) is 11.5 Å². The van der Waals surface area contributed by atoms with E-state index in [0.29, 0.717) is 28.7 Å². The van der Waals surface area contributed by atoms with Crippen molar-refractivity contribution >= 4 is 29.9 Å². The Bertz CT molecular complexity index is 747. The Balaban J connectivity index is 0.00000261. The molecule has 1 heterocycles. The number of amides is 1. The molecule has 0 aromatic heterocycles. The molecule has 2 N–H and O–H groups in total. The first-order chi connectivity index (χ1) is 12.7. The summed E-state index contributed by atoms with van der Waals surface area (Å²) in [6.07, 6.45) is 1.90. The van der Waals surface area contributed by atoms with Gasteiger partial charge in [-0.25, -0.2) is 0 Å². The van der Waals surface area contributed by atoms with E-state index in [2.05, 4.69) is 10.6 Å². The fourth-order valence-electron chi connectivity index (χ4n) is 2.90. The second-order valence-corrected chi connectivity index (χ2v) is 6.71. The van der Waals surface area contributed by atoms with Gasteiger partial charge in [-0.15, -0.1) is 12.4 Å². The van der Waals surface area contributed by atoms with E-state index in [0.717, 1.165) is 31.5 Å². The third kappa shape index (κ3) is 6.03. The molecule has 2 aromatic rings. The van der Waals surface area contributed by atoms with E-state index in [4.69, 9.17) is 21.1 Å². The molecule has 0 unspecified atom stereocenters. The van der Waals surface area contributed by atoms with Gasteiger partial charge in [0.15, 0.2) is 11.5 Å². The average Bonchev–Trinajstić information content (AvgIpc) is 2.68. The zero-order chi connectivity index (χ0) is 18.4. The van der Waals surface area contributed by atoms with Crippen LogP contribution >= 0.6 is 24.0 Å². The minimum Gasteiger partial charge on any atom is -0.493 e. The van der Waals surface area contributed by atoms with Crippen molar-refractivity contribution in [1.82, 2.24) is 10.6 Å². The van der Waals surface area contributed by atoms with Crippen LogP contribution in [-0.2, 0) is 6.61 Å².